The molecule has 2 aromatic heterocycles. The van der Waals surface area contributed by atoms with Crippen LogP contribution >= 0.6 is 0 Å². The first-order valence-corrected chi connectivity index (χ1v) is 14.4. The summed E-state index contributed by atoms with van der Waals surface area (Å²) in [5, 5.41) is 0.859. The van der Waals surface area contributed by atoms with Crippen LogP contribution in [-0.2, 0) is 0 Å². The summed E-state index contributed by atoms with van der Waals surface area (Å²) in [5.74, 6) is -1.00. The van der Waals surface area contributed by atoms with E-state index in [9.17, 15) is 2.74 Å². The lowest BCUT2D eigenvalue weighted by molar-refractivity contribution is 0.669. The fourth-order valence-electron chi connectivity index (χ4n) is 5.39. The third-order valence-electron chi connectivity index (χ3n) is 7.56. The maximum absolute atomic E-state index is 9.35. The van der Waals surface area contributed by atoms with Gasteiger partial charge in [0.15, 0.2) is 17.5 Å². The second-order valence-corrected chi connectivity index (χ2v) is 10.4. The number of para-hydroxylation sites is 1. The maximum atomic E-state index is 9.35. The third-order valence-corrected chi connectivity index (χ3v) is 7.56. The number of aromatic nitrogens is 3. The van der Waals surface area contributed by atoms with Crippen molar-refractivity contribution in [3.63, 3.8) is 0 Å². The molecule has 0 aliphatic heterocycles. The van der Waals surface area contributed by atoms with Crippen molar-refractivity contribution in [3.8, 4) is 56.4 Å². The Morgan fingerprint density at radius 3 is 1.74 bits per heavy atom. The maximum Gasteiger partial charge on any atom is 0.164 e. The molecule has 7 aromatic carbocycles. The van der Waals surface area contributed by atoms with Gasteiger partial charge in [-0.2, -0.15) is 0 Å². The summed E-state index contributed by atoms with van der Waals surface area (Å²) < 4.78 is 144. The molecule has 0 bridgehead atoms. The first-order valence-electron chi connectivity index (χ1n) is 22.4. The zero-order valence-electron chi connectivity index (χ0n) is 40.1. The molecule has 9 rings (SSSR count). The predicted octanol–water partition coefficient (Wildman–Crippen LogP) is 11.3. The molecule has 0 unspecified atom stereocenters. The molecule has 0 radical (unpaired) electrons. The fraction of sp³-hybridized carbons (Fsp3) is 0. The number of hydrogen-bond donors (Lipinski definition) is 0. The molecule has 0 spiro atoms. The minimum absolute atomic E-state index is 0.115. The molecule has 0 amide bonds. The largest absolute Gasteiger partial charge is 0.456 e. The van der Waals surface area contributed by atoms with Crippen LogP contribution in [0.1, 0.15) is 21.9 Å². The molecule has 0 fully saturated rings. The number of nitrogens with zero attached hydrogens (tertiary/aromatic N) is 3. The summed E-state index contributed by atoms with van der Waals surface area (Å²) in [6.07, 6.45) is 0. The minimum atomic E-state index is -0.780. The second kappa shape index (κ2) is 11.2. The number of rotatable bonds is 5. The van der Waals surface area contributed by atoms with E-state index in [1.165, 1.54) is 0 Å². The molecule has 0 aliphatic carbocycles. The van der Waals surface area contributed by atoms with Crippen LogP contribution < -0.4 is 0 Å². The van der Waals surface area contributed by atoms with E-state index in [0.29, 0.717) is 16.7 Å². The molecule has 0 saturated heterocycles. The molecular formula is C43H27N3O. The van der Waals surface area contributed by atoms with E-state index in [2.05, 4.69) is 15.0 Å². The Kier molecular flexibility index (Phi) is 3.64. The smallest absolute Gasteiger partial charge is 0.164 e. The van der Waals surface area contributed by atoms with Crippen LogP contribution in [0.3, 0.4) is 0 Å². The van der Waals surface area contributed by atoms with Gasteiger partial charge in [-0.1, -0.05) is 139 Å². The van der Waals surface area contributed by atoms with Gasteiger partial charge in [-0.05, 0) is 57.2 Å². The molecule has 220 valence electrons. The molecule has 0 N–H and O–H groups in total. The minimum Gasteiger partial charge on any atom is -0.456 e. The lowest BCUT2D eigenvalue weighted by atomic mass is 9.98. The standard InChI is InChI=1S/C43H27N3O/c1-3-10-28(11-4-1)32-22-23-34-27-35(25-24-33(34)26-32)43-45-41(30-12-5-2-6-13-30)44-42(46-43)31-20-18-29(19-21-31)36-15-9-17-39-40(36)37-14-7-8-16-38(37)47-39/h1-27H/i1D,2D,3D,4D,5D,6D,10D,11D,12D,13D,22D,23D,24D,25D,26D,27D. The summed E-state index contributed by atoms with van der Waals surface area (Å²) in [4.78, 5) is 13.6. The fourth-order valence-corrected chi connectivity index (χ4v) is 5.39. The van der Waals surface area contributed by atoms with Gasteiger partial charge in [0.1, 0.15) is 11.2 Å². The van der Waals surface area contributed by atoms with E-state index in [4.69, 9.17) is 23.6 Å². The first kappa shape index (κ1) is 15.3. The Labute approximate surface area is 294 Å². The zero-order valence-corrected chi connectivity index (χ0v) is 24.1. The Balaban J connectivity index is 1.29. The van der Waals surface area contributed by atoms with Crippen LogP contribution in [0.25, 0.3) is 89.1 Å². The van der Waals surface area contributed by atoms with Gasteiger partial charge in [0.05, 0.1) is 21.9 Å². The van der Waals surface area contributed by atoms with E-state index >= 15 is 0 Å². The van der Waals surface area contributed by atoms with E-state index in [-0.39, 0.29) is 5.82 Å². The van der Waals surface area contributed by atoms with E-state index in [0.717, 1.165) is 21.9 Å². The Bertz CT molecular complexity index is 3420. The van der Waals surface area contributed by atoms with Crippen molar-refractivity contribution < 1.29 is 26.3 Å². The summed E-state index contributed by atoms with van der Waals surface area (Å²) in [6.45, 7) is 0. The van der Waals surface area contributed by atoms with Gasteiger partial charge >= 0.3 is 0 Å². The highest BCUT2D eigenvalue weighted by atomic mass is 16.3. The van der Waals surface area contributed by atoms with Crippen molar-refractivity contribution in [1.82, 2.24) is 15.0 Å². The molecule has 47 heavy (non-hydrogen) atoms. The number of furan rings is 1. The van der Waals surface area contributed by atoms with Gasteiger partial charge in [-0.15, -0.1) is 0 Å². The van der Waals surface area contributed by atoms with Crippen LogP contribution in [-0.4, -0.2) is 15.0 Å². The van der Waals surface area contributed by atoms with Crippen molar-refractivity contribution in [2.24, 2.45) is 0 Å². The topological polar surface area (TPSA) is 51.8 Å². The molecule has 2 heterocycles. The van der Waals surface area contributed by atoms with Crippen molar-refractivity contribution in [1.29, 1.82) is 0 Å². The van der Waals surface area contributed by atoms with E-state index < -0.39 is 141 Å². The quantitative estimate of drug-likeness (QED) is 0.193. The van der Waals surface area contributed by atoms with Gasteiger partial charge in [-0.25, -0.2) is 15.0 Å². The summed E-state index contributed by atoms with van der Waals surface area (Å²) in [7, 11) is 0. The predicted molar refractivity (Wildman–Crippen MR) is 192 cm³/mol. The Morgan fingerprint density at radius 1 is 0.426 bits per heavy atom. The Hall–Kier alpha value is -6.39. The number of fused-ring (bicyclic) bond motifs is 4. The molecule has 0 aliphatic rings. The lowest BCUT2D eigenvalue weighted by Crippen LogP contribution is -2.00. The zero-order chi connectivity index (χ0) is 45.1. The summed E-state index contributed by atoms with van der Waals surface area (Å²) in [5.41, 5.74) is 1.38. The van der Waals surface area contributed by atoms with Crippen molar-refractivity contribution in [3.05, 3.63) is 163 Å². The van der Waals surface area contributed by atoms with Crippen LogP contribution in [0.15, 0.2) is 168 Å². The average Bonchev–Trinajstić information content (AvgIpc) is 3.67. The van der Waals surface area contributed by atoms with Gasteiger partial charge in [0.25, 0.3) is 0 Å². The molecule has 4 heteroatoms. The lowest BCUT2D eigenvalue weighted by Gasteiger charge is -2.10. The van der Waals surface area contributed by atoms with Gasteiger partial charge in [0, 0.05) is 27.5 Å². The molecule has 0 atom stereocenters. The SMILES string of the molecule is [2H]c1c([2H])c([2H])c(-c2nc(-c3ccc(-c4cccc5oc6ccccc6c45)cc3)nc(-c3c([2H])c([2H])c4c([2H])c(-c5c([2H])c([2H])c([2H])c([2H])c5[2H])c([2H])c([2H])c4c3[2H])n2)c([2H])c1[2H]. The molecule has 0 saturated carbocycles. The highest BCUT2D eigenvalue weighted by Gasteiger charge is 2.15. The van der Waals surface area contributed by atoms with Crippen LogP contribution in [0.2, 0.25) is 0 Å². The van der Waals surface area contributed by atoms with Crippen LogP contribution in [0.5, 0.6) is 0 Å². The molecule has 4 nitrogen and oxygen atoms in total. The van der Waals surface area contributed by atoms with Crippen LogP contribution in [0, 0.1) is 0 Å². The van der Waals surface area contributed by atoms with E-state index in [1.807, 2.05) is 42.5 Å². The first-order chi connectivity index (χ1) is 29.9. The monoisotopic (exact) mass is 617 g/mol. The van der Waals surface area contributed by atoms with E-state index in [1.54, 1.807) is 24.3 Å². The highest BCUT2D eigenvalue weighted by Crippen LogP contribution is 2.37. The molecule has 9 aromatic rings. The van der Waals surface area contributed by atoms with Gasteiger partial charge in [-0.3, -0.25) is 0 Å². The Morgan fingerprint density at radius 2 is 1.00 bits per heavy atom. The molecular weight excluding hydrogens is 574 g/mol. The average molecular weight is 618 g/mol. The number of benzene rings is 7. The number of hydrogen-bond acceptors (Lipinski definition) is 4. The second-order valence-electron chi connectivity index (χ2n) is 10.4. The van der Waals surface area contributed by atoms with Crippen LogP contribution in [0.4, 0.5) is 0 Å². The van der Waals surface area contributed by atoms with Gasteiger partial charge in [0.2, 0.25) is 0 Å². The van der Waals surface area contributed by atoms with Crippen molar-refractivity contribution in [2.45, 2.75) is 0 Å². The summed E-state index contributed by atoms with van der Waals surface area (Å²) in [6, 6.07) is 8.83. The highest BCUT2D eigenvalue weighted by molar-refractivity contribution is 6.12. The normalized spacial score (nSPS) is 16.2. The van der Waals surface area contributed by atoms with Crippen molar-refractivity contribution >= 4 is 32.7 Å². The van der Waals surface area contributed by atoms with Gasteiger partial charge < -0.3 is 4.42 Å². The summed E-state index contributed by atoms with van der Waals surface area (Å²) >= 11 is 0. The third kappa shape index (κ3) is 4.93. The van der Waals surface area contributed by atoms with Crippen molar-refractivity contribution in [2.75, 3.05) is 0 Å².